The first-order chi connectivity index (χ1) is 17.2. The highest BCUT2D eigenvalue weighted by molar-refractivity contribution is 8.26. The van der Waals surface area contributed by atoms with E-state index in [2.05, 4.69) is 0 Å². The van der Waals surface area contributed by atoms with Gasteiger partial charge in [-0.1, -0.05) is 30.0 Å². The summed E-state index contributed by atoms with van der Waals surface area (Å²) in [6, 6.07) is 3.61. The van der Waals surface area contributed by atoms with Crippen molar-refractivity contribution in [2.24, 2.45) is 0 Å². The molecule has 2 aromatic heterocycles. The standard InChI is InChI=1S/C23H25N5O6S2/c1-3-34-22(33)26-10-8-25(9-11-26)19-15(20(31)28-13-14(2)4-5-17(28)24-19)12-16-21(32)27(23(35)36-16)7-6-18(29)30/h4-5,12-13H,3,6-11H2,1-2H3,(H,29,30). The monoisotopic (exact) mass is 531 g/mol. The number of carbonyl (C=O) groups is 3. The van der Waals surface area contributed by atoms with Gasteiger partial charge in [-0.3, -0.25) is 23.7 Å². The molecule has 190 valence electrons. The number of aliphatic carboxylic acids is 1. The molecule has 4 rings (SSSR count). The molecule has 2 fully saturated rings. The third-order valence-corrected chi connectivity index (χ3v) is 7.17. The smallest absolute Gasteiger partial charge is 0.409 e. The predicted octanol–water partition coefficient (Wildman–Crippen LogP) is 1.96. The topological polar surface area (TPSA) is 125 Å². The van der Waals surface area contributed by atoms with Gasteiger partial charge < -0.3 is 19.6 Å². The molecule has 0 atom stereocenters. The minimum Gasteiger partial charge on any atom is -0.481 e. The Morgan fingerprint density at radius 2 is 1.94 bits per heavy atom. The lowest BCUT2D eigenvalue weighted by atomic mass is 10.2. The second-order valence-electron chi connectivity index (χ2n) is 8.24. The van der Waals surface area contributed by atoms with Gasteiger partial charge in [0.2, 0.25) is 0 Å². The van der Waals surface area contributed by atoms with Crippen molar-refractivity contribution in [2.45, 2.75) is 20.3 Å². The molecule has 11 nitrogen and oxygen atoms in total. The molecule has 2 aliphatic rings. The van der Waals surface area contributed by atoms with E-state index in [9.17, 15) is 19.2 Å². The molecule has 0 saturated carbocycles. The lowest BCUT2D eigenvalue weighted by Gasteiger charge is -2.35. The van der Waals surface area contributed by atoms with Crippen molar-refractivity contribution < 1.29 is 24.2 Å². The number of anilines is 1. The average molecular weight is 532 g/mol. The number of ether oxygens (including phenoxy) is 1. The van der Waals surface area contributed by atoms with Crippen LogP contribution >= 0.6 is 24.0 Å². The molecular formula is C23H25N5O6S2. The summed E-state index contributed by atoms with van der Waals surface area (Å²) in [7, 11) is 0. The first-order valence-electron chi connectivity index (χ1n) is 11.4. The molecule has 1 N–H and O–H groups in total. The van der Waals surface area contributed by atoms with Crippen LogP contribution < -0.4 is 10.5 Å². The summed E-state index contributed by atoms with van der Waals surface area (Å²) in [5, 5.41) is 8.98. The van der Waals surface area contributed by atoms with Gasteiger partial charge in [0, 0.05) is 38.9 Å². The summed E-state index contributed by atoms with van der Waals surface area (Å²) < 4.78 is 6.76. The van der Waals surface area contributed by atoms with E-state index in [4.69, 9.17) is 27.0 Å². The van der Waals surface area contributed by atoms with Crippen LogP contribution in [0.1, 0.15) is 24.5 Å². The van der Waals surface area contributed by atoms with Crippen LogP contribution in [0, 0.1) is 6.92 Å². The van der Waals surface area contributed by atoms with Crippen molar-refractivity contribution in [1.82, 2.24) is 19.2 Å². The number of amides is 2. The fourth-order valence-corrected chi connectivity index (χ4v) is 5.25. The number of thiocarbonyl (C=S) groups is 1. The third kappa shape index (κ3) is 5.21. The van der Waals surface area contributed by atoms with Crippen molar-refractivity contribution in [1.29, 1.82) is 0 Å². The molecule has 36 heavy (non-hydrogen) atoms. The maximum atomic E-state index is 13.6. The minimum absolute atomic E-state index is 0.0475. The summed E-state index contributed by atoms with van der Waals surface area (Å²) in [6.45, 7) is 5.49. The second kappa shape index (κ2) is 10.7. The zero-order chi connectivity index (χ0) is 26.0. The fourth-order valence-electron chi connectivity index (χ4n) is 3.96. The van der Waals surface area contributed by atoms with E-state index in [1.165, 1.54) is 15.4 Å². The lowest BCUT2D eigenvalue weighted by molar-refractivity contribution is -0.137. The maximum Gasteiger partial charge on any atom is 0.409 e. The van der Waals surface area contributed by atoms with Gasteiger partial charge in [-0.05, 0) is 31.6 Å². The molecule has 2 aliphatic heterocycles. The van der Waals surface area contributed by atoms with Crippen molar-refractivity contribution in [3.63, 3.8) is 0 Å². The normalized spacial score (nSPS) is 17.4. The highest BCUT2D eigenvalue weighted by Gasteiger charge is 2.33. The minimum atomic E-state index is -1.04. The van der Waals surface area contributed by atoms with Gasteiger partial charge in [-0.25, -0.2) is 9.78 Å². The van der Waals surface area contributed by atoms with E-state index in [0.29, 0.717) is 37.6 Å². The van der Waals surface area contributed by atoms with Gasteiger partial charge in [0.15, 0.2) is 0 Å². The van der Waals surface area contributed by atoms with Crippen LogP contribution in [-0.4, -0.2) is 85.9 Å². The highest BCUT2D eigenvalue weighted by Crippen LogP contribution is 2.33. The number of carboxylic acid groups (broad SMARTS) is 1. The number of piperazine rings is 1. The Bertz CT molecular complexity index is 1330. The van der Waals surface area contributed by atoms with Crippen molar-refractivity contribution in [2.75, 3.05) is 44.2 Å². The van der Waals surface area contributed by atoms with Gasteiger partial charge in [0.05, 0.1) is 23.5 Å². The van der Waals surface area contributed by atoms with Crippen molar-refractivity contribution in [3.8, 4) is 0 Å². The van der Waals surface area contributed by atoms with Crippen LogP contribution in [0.5, 0.6) is 0 Å². The SMILES string of the molecule is CCOC(=O)N1CCN(c2nc3ccc(C)cn3c(=O)c2C=C2SC(=S)N(CCC(=O)O)C2=O)CC1. The number of hydrogen-bond donors (Lipinski definition) is 1. The number of rotatable bonds is 6. The Morgan fingerprint density at radius 1 is 1.22 bits per heavy atom. The van der Waals surface area contributed by atoms with E-state index >= 15 is 0 Å². The van der Waals surface area contributed by atoms with Gasteiger partial charge >= 0.3 is 12.1 Å². The largest absolute Gasteiger partial charge is 0.481 e. The quantitative estimate of drug-likeness (QED) is 0.437. The summed E-state index contributed by atoms with van der Waals surface area (Å²) >= 11 is 6.30. The predicted molar refractivity (Wildman–Crippen MR) is 139 cm³/mol. The number of carbonyl (C=O) groups excluding carboxylic acids is 2. The van der Waals surface area contributed by atoms with Crippen LogP contribution in [0.15, 0.2) is 28.0 Å². The summed E-state index contributed by atoms with van der Waals surface area (Å²) in [5.74, 6) is -1.08. The zero-order valence-electron chi connectivity index (χ0n) is 19.8. The Labute approximate surface area is 216 Å². The van der Waals surface area contributed by atoms with Gasteiger partial charge in [-0.2, -0.15) is 0 Å². The van der Waals surface area contributed by atoms with Crippen LogP contribution in [-0.2, 0) is 14.3 Å². The van der Waals surface area contributed by atoms with Crippen LogP contribution in [0.3, 0.4) is 0 Å². The molecule has 4 heterocycles. The van der Waals surface area contributed by atoms with Crippen molar-refractivity contribution >= 4 is 63.8 Å². The first kappa shape index (κ1) is 25.6. The first-order valence-corrected chi connectivity index (χ1v) is 12.6. The van der Waals surface area contributed by atoms with Crippen molar-refractivity contribution in [3.05, 3.63) is 44.7 Å². The van der Waals surface area contributed by atoms with Crippen LogP contribution in [0.4, 0.5) is 10.6 Å². The van der Waals surface area contributed by atoms with Gasteiger partial charge in [0.25, 0.3) is 11.5 Å². The van der Waals surface area contributed by atoms with E-state index in [-0.39, 0.29) is 46.0 Å². The molecule has 2 saturated heterocycles. The number of nitrogens with zero attached hydrogens (tertiary/aromatic N) is 5. The van der Waals surface area contributed by atoms with Crippen LogP contribution in [0.25, 0.3) is 11.7 Å². The lowest BCUT2D eigenvalue weighted by Crippen LogP contribution is -2.49. The van der Waals surface area contributed by atoms with Gasteiger partial charge in [-0.15, -0.1) is 0 Å². The molecule has 2 aromatic rings. The summed E-state index contributed by atoms with van der Waals surface area (Å²) in [4.78, 5) is 59.4. The molecule has 13 heteroatoms. The molecule has 0 radical (unpaired) electrons. The zero-order valence-corrected chi connectivity index (χ0v) is 21.4. The van der Waals surface area contributed by atoms with E-state index in [0.717, 1.165) is 17.3 Å². The number of aryl methyl sites for hydroxylation is 1. The summed E-state index contributed by atoms with van der Waals surface area (Å²) in [5.41, 5.74) is 1.21. The number of pyridine rings is 1. The molecule has 0 bridgehead atoms. The number of thioether (sulfide) groups is 1. The van der Waals surface area contributed by atoms with Crippen LogP contribution in [0.2, 0.25) is 0 Å². The Hall–Kier alpha value is -3.45. The molecule has 0 spiro atoms. The number of hydrogen-bond acceptors (Lipinski definition) is 9. The van der Waals surface area contributed by atoms with Gasteiger partial charge in [0.1, 0.15) is 15.8 Å². The van der Waals surface area contributed by atoms with E-state index in [1.807, 2.05) is 17.9 Å². The maximum absolute atomic E-state index is 13.6. The Kier molecular flexibility index (Phi) is 7.59. The number of aromatic nitrogens is 2. The fraction of sp³-hybridized carbons (Fsp3) is 0.391. The second-order valence-corrected chi connectivity index (χ2v) is 9.91. The number of fused-ring (bicyclic) bond motifs is 1. The molecule has 0 aromatic carbocycles. The number of carboxylic acids is 1. The van der Waals surface area contributed by atoms with E-state index in [1.54, 1.807) is 24.1 Å². The molecule has 0 unspecified atom stereocenters. The molecular weight excluding hydrogens is 506 g/mol. The third-order valence-electron chi connectivity index (χ3n) is 5.79. The average Bonchev–Trinajstić information content (AvgIpc) is 3.12. The Balaban J connectivity index is 1.72. The summed E-state index contributed by atoms with van der Waals surface area (Å²) in [6.07, 6.45) is 2.54. The van der Waals surface area contributed by atoms with E-state index < -0.39 is 11.9 Å². The molecule has 2 amide bonds. The highest BCUT2D eigenvalue weighted by atomic mass is 32.2. The molecule has 0 aliphatic carbocycles. The Morgan fingerprint density at radius 3 is 2.61 bits per heavy atom.